The molecule has 1 aromatic heterocycles. The summed E-state index contributed by atoms with van der Waals surface area (Å²) in [6.45, 7) is 7.50. The average Bonchev–Trinajstić information content (AvgIpc) is 2.97. The van der Waals surface area contributed by atoms with Gasteiger partial charge in [-0.15, -0.1) is 0 Å². The maximum atomic E-state index is 11.7. The number of hydrogen-bond donors (Lipinski definition) is 5. The lowest BCUT2D eigenvalue weighted by Crippen LogP contribution is -2.46. The number of aromatic hydroxyl groups is 2. The highest BCUT2D eigenvalue weighted by atomic mass is 16.3. The van der Waals surface area contributed by atoms with Gasteiger partial charge in [0.05, 0.1) is 11.6 Å². The van der Waals surface area contributed by atoms with Crippen LogP contribution in [0.25, 0.3) is 10.9 Å². The molecule has 7 nitrogen and oxygen atoms in total. The largest absolute Gasteiger partial charge is 0.508 e. The second kappa shape index (κ2) is 12.0. The van der Waals surface area contributed by atoms with E-state index in [-0.39, 0.29) is 16.7 Å². The van der Waals surface area contributed by atoms with Crippen molar-refractivity contribution in [3.8, 4) is 11.5 Å². The van der Waals surface area contributed by atoms with E-state index in [0.717, 1.165) is 56.3 Å². The van der Waals surface area contributed by atoms with Crippen LogP contribution in [0.1, 0.15) is 62.3 Å². The predicted octanol–water partition coefficient (Wildman–Crippen LogP) is 4.82. The number of rotatable bonds is 9. The van der Waals surface area contributed by atoms with Gasteiger partial charge in [0, 0.05) is 35.0 Å². The molecule has 5 N–H and O–H groups in total. The number of nitrogens with one attached hydrogen (secondary N) is 2. The van der Waals surface area contributed by atoms with Crippen LogP contribution in [-0.4, -0.2) is 57.4 Å². The van der Waals surface area contributed by atoms with Gasteiger partial charge in [-0.05, 0) is 100 Å². The minimum absolute atomic E-state index is 0.0214. The molecule has 1 unspecified atom stereocenters. The molecular weight excluding hydrogens is 502 g/mol. The van der Waals surface area contributed by atoms with Crippen molar-refractivity contribution in [1.29, 1.82) is 0 Å². The van der Waals surface area contributed by atoms with Gasteiger partial charge in [-0.3, -0.25) is 4.79 Å². The highest BCUT2D eigenvalue weighted by Crippen LogP contribution is 2.47. The smallest absolute Gasteiger partial charge is 0.248 e. The summed E-state index contributed by atoms with van der Waals surface area (Å²) >= 11 is 0. The zero-order valence-electron chi connectivity index (χ0n) is 23.5. The highest BCUT2D eigenvalue weighted by molar-refractivity contribution is 5.87. The van der Waals surface area contributed by atoms with Crippen molar-refractivity contribution in [2.24, 2.45) is 0 Å². The quantitative estimate of drug-likeness (QED) is 0.248. The summed E-state index contributed by atoms with van der Waals surface area (Å²) in [6, 6.07) is 12.7. The number of nitrogens with zero attached hydrogens (tertiary/aromatic N) is 1. The molecule has 1 aliphatic heterocycles. The molecule has 1 fully saturated rings. The van der Waals surface area contributed by atoms with Gasteiger partial charge in [0.2, 0.25) is 5.56 Å². The van der Waals surface area contributed by atoms with E-state index in [9.17, 15) is 20.1 Å². The first-order chi connectivity index (χ1) is 19.3. The molecule has 2 aliphatic rings. The molecule has 0 spiro atoms. The number of aliphatic hydroxyl groups is 1. The minimum Gasteiger partial charge on any atom is -0.508 e. The van der Waals surface area contributed by atoms with Crippen molar-refractivity contribution < 1.29 is 15.3 Å². The van der Waals surface area contributed by atoms with E-state index in [2.05, 4.69) is 53.3 Å². The molecule has 0 amide bonds. The third-order valence-electron chi connectivity index (χ3n) is 8.70. The Kier molecular flexibility index (Phi) is 8.45. The van der Waals surface area contributed by atoms with Gasteiger partial charge in [-0.1, -0.05) is 36.4 Å². The maximum absolute atomic E-state index is 11.7. The van der Waals surface area contributed by atoms with Crippen LogP contribution in [0.4, 0.5) is 0 Å². The van der Waals surface area contributed by atoms with Crippen LogP contribution in [0, 0.1) is 0 Å². The average molecular weight is 544 g/mol. The Labute approximate surface area is 235 Å². The minimum atomic E-state index is -0.802. The number of phenolic OH excluding ortho intramolecular Hbond substituents is 2. The summed E-state index contributed by atoms with van der Waals surface area (Å²) in [4.78, 5) is 16.9. The number of H-pyrrole nitrogens is 1. The van der Waals surface area contributed by atoms with E-state index in [1.54, 1.807) is 12.1 Å². The van der Waals surface area contributed by atoms with Crippen LogP contribution in [0.2, 0.25) is 0 Å². The molecule has 2 heterocycles. The molecule has 0 bridgehead atoms. The summed E-state index contributed by atoms with van der Waals surface area (Å²) in [5.74, 6) is 0.342. The van der Waals surface area contributed by atoms with Crippen molar-refractivity contribution in [2.45, 2.75) is 63.5 Å². The third kappa shape index (κ3) is 5.73. The number of aliphatic hydroxyl groups excluding tert-OH is 1. The van der Waals surface area contributed by atoms with Crippen LogP contribution in [0.5, 0.6) is 11.5 Å². The van der Waals surface area contributed by atoms with Crippen LogP contribution < -0.4 is 10.9 Å². The zero-order valence-corrected chi connectivity index (χ0v) is 23.5. The van der Waals surface area contributed by atoms with Crippen LogP contribution in [-0.2, 0) is 11.8 Å². The van der Waals surface area contributed by atoms with E-state index in [1.165, 1.54) is 17.7 Å². The fourth-order valence-corrected chi connectivity index (χ4v) is 6.36. The Morgan fingerprint density at radius 1 is 1.02 bits per heavy atom. The fraction of sp³-hybridized carbons (Fsp3) is 0.424. The maximum Gasteiger partial charge on any atom is 0.248 e. The van der Waals surface area contributed by atoms with Gasteiger partial charge in [-0.2, -0.15) is 0 Å². The van der Waals surface area contributed by atoms with Crippen molar-refractivity contribution in [3.63, 3.8) is 0 Å². The normalized spacial score (nSPS) is 18.2. The van der Waals surface area contributed by atoms with Crippen LogP contribution in [0.3, 0.4) is 0 Å². The first-order valence-electron chi connectivity index (χ1n) is 14.5. The van der Waals surface area contributed by atoms with E-state index in [0.29, 0.717) is 41.3 Å². The van der Waals surface area contributed by atoms with E-state index < -0.39 is 6.10 Å². The second-order valence-corrected chi connectivity index (χ2v) is 11.5. The summed E-state index contributed by atoms with van der Waals surface area (Å²) < 4.78 is 0. The Bertz CT molecular complexity index is 1460. The number of aromatic nitrogens is 1. The molecule has 7 heteroatoms. The molecule has 1 saturated heterocycles. The van der Waals surface area contributed by atoms with Gasteiger partial charge >= 0.3 is 0 Å². The topological polar surface area (TPSA) is 109 Å². The summed E-state index contributed by atoms with van der Waals surface area (Å²) in [6.07, 6.45) is 10.9. The molecule has 0 radical (unpaired) electrons. The van der Waals surface area contributed by atoms with E-state index >= 15 is 0 Å². The van der Waals surface area contributed by atoms with Crippen molar-refractivity contribution >= 4 is 10.9 Å². The molecule has 3 aromatic rings. The van der Waals surface area contributed by atoms with Crippen molar-refractivity contribution in [3.05, 3.63) is 93.3 Å². The number of phenols is 2. The van der Waals surface area contributed by atoms with Gasteiger partial charge < -0.3 is 30.5 Å². The molecule has 1 atom stereocenters. The number of hydrogen-bond acceptors (Lipinski definition) is 6. The number of piperidine rings is 1. The number of fused-ring (bicyclic) bond motifs is 1. The van der Waals surface area contributed by atoms with Gasteiger partial charge in [0.25, 0.3) is 0 Å². The molecule has 212 valence electrons. The Morgan fingerprint density at radius 2 is 1.80 bits per heavy atom. The predicted molar refractivity (Wildman–Crippen MR) is 160 cm³/mol. The third-order valence-corrected chi connectivity index (χ3v) is 8.70. The molecular formula is C33H41N3O4. The van der Waals surface area contributed by atoms with E-state index in [4.69, 9.17) is 0 Å². The molecule has 0 saturated carbocycles. The Balaban J connectivity index is 1.29. The molecule has 2 aromatic carbocycles. The SMILES string of the molecule is CC(C)N1CCC(C2=CCCC=C2)(c2cc(CCNCC(O)c3ccc(O)c4[nH]c(=O)ccc34)ccc2O)CC1. The lowest BCUT2D eigenvalue weighted by atomic mass is 9.65. The van der Waals surface area contributed by atoms with Gasteiger partial charge in [0.1, 0.15) is 11.5 Å². The van der Waals surface area contributed by atoms with E-state index in [1.807, 2.05) is 12.1 Å². The lowest BCUT2D eigenvalue weighted by Gasteiger charge is -2.45. The number of benzene rings is 2. The van der Waals surface area contributed by atoms with Gasteiger partial charge in [0.15, 0.2) is 0 Å². The van der Waals surface area contributed by atoms with Gasteiger partial charge in [-0.25, -0.2) is 0 Å². The van der Waals surface area contributed by atoms with Crippen molar-refractivity contribution in [2.75, 3.05) is 26.2 Å². The standard InChI is InChI=1S/C33H41N3O4/c1-22(2)36-18-15-33(16-19-36,24-6-4-3-5-7-24)27-20-23(8-11-28(27)37)14-17-34-21-30(39)25-9-12-29(38)32-26(25)10-13-31(40)35-32/h4,6-13,20,22,30,34,37-39H,3,5,14-19,21H2,1-2H3,(H,35,40). The van der Waals surface area contributed by atoms with Crippen LogP contribution in [0.15, 0.2) is 71.1 Å². The summed E-state index contributed by atoms with van der Waals surface area (Å²) in [5, 5.41) is 36.1. The van der Waals surface area contributed by atoms with Crippen molar-refractivity contribution in [1.82, 2.24) is 15.2 Å². The number of pyridine rings is 1. The molecule has 40 heavy (non-hydrogen) atoms. The Hall–Kier alpha value is -3.39. The zero-order chi connectivity index (χ0) is 28.3. The monoisotopic (exact) mass is 543 g/mol. The Morgan fingerprint density at radius 3 is 2.52 bits per heavy atom. The second-order valence-electron chi connectivity index (χ2n) is 11.5. The fourth-order valence-electron chi connectivity index (χ4n) is 6.36. The summed E-state index contributed by atoms with van der Waals surface area (Å²) in [7, 11) is 0. The number of aromatic amines is 1. The molecule has 5 rings (SSSR count). The lowest BCUT2D eigenvalue weighted by molar-refractivity contribution is 0.143. The number of likely N-dealkylation sites (tertiary alicyclic amines) is 1. The number of allylic oxidation sites excluding steroid dienone is 4. The highest BCUT2D eigenvalue weighted by Gasteiger charge is 2.41. The summed E-state index contributed by atoms with van der Waals surface area (Å²) in [5.41, 5.74) is 3.99. The van der Waals surface area contributed by atoms with Crippen LogP contribution >= 0.6 is 0 Å². The first-order valence-corrected chi connectivity index (χ1v) is 14.5. The first kappa shape index (κ1) is 28.1. The molecule has 1 aliphatic carbocycles.